The van der Waals surface area contributed by atoms with E-state index < -0.39 is 0 Å². The monoisotopic (exact) mass is 251 g/mol. The molecular formula is C14H21NO3. The molecule has 1 amide bonds. The van der Waals surface area contributed by atoms with E-state index in [1.54, 1.807) is 0 Å². The maximum absolute atomic E-state index is 10.9. The van der Waals surface area contributed by atoms with E-state index in [0.717, 1.165) is 11.3 Å². The smallest absolute Gasteiger partial charge is 0.218 e. The lowest BCUT2D eigenvalue weighted by atomic mass is 9.97. The molecule has 0 radical (unpaired) electrons. The third-order valence-electron chi connectivity index (χ3n) is 2.64. The zero-order chi connectivity index (χ0) is 13.5. The fourth-order valence-corrected chi connectivity index (χ4v) is 1.79. The lowest BCUT2D eigenvalue weighted by Crippen LogP contribution is -2.13. The average molecular weight is 251 g/mol. The molecule has 1 unspecified atom stereocenters. The summed E-state index contributed by atoms with van der Waals surface area (Å²) in [5.41, 5.74) is 6.24. The molecule has 0 saturated carbocycles. The Labute approximate surface area is 108 Å². The number of hydrogen-bond donors (Lipinski definition) is 1. The lowest BCUT2D eigenvalue weighted by molar-refractivity contribution is -0.118. The van der Waals surface area contributed by atoms with Crippen LogP contribution in [0.3, 0.4) is 0 Å². The number of carbonyl (C=O) groups is 1. The Kier molecular flexibility index (Phi) is 5.49. The number of rotatable bonds is 7. The number of amides is 1. The molecular weight excluding hydrogens is 230 g/mol. The van der Waals surface area contributed by atoms with Gasteiger partial charge in [0.2, 0.25) is 5.91 Å². The van der Waals surface area contributed by atoms with E-state index in [-0.39, 0.29) is 11.8 Å². The van der Waals surface area contributed by atoms with Crippen molar-refractivity contribution < 1.29 is 14.3 Å². The molecule has 1 aromatic rings. The zero-order valence-electron chi connectivity index (χ0n) is 11.2. The molecule has 1 rings (SSSR count). The molecule has 18 heavy (non-hydrogen) atoms. The Bertz CT molecular complexity index is 404. The highest BCUT2D eigenvalue weighted by Crippen LogP contribution is 2.32. The van der Waals surface area contributed by atoms with Gasteiger partial charge in [0.05, 0.1) is 13.2 Å². The van der Waals surface area contributed by atoms with Crippen LogP contribution in [0.25, 0.3) is 0 Å². The van der Waals surface area contributed by atoms with E-state index in [1.807, 2.05) is 39.0 Å². The molecule has 0 saturated heterocycles. The molecule has 100 valence electrons. The van der Waals surface area contributed by atoms with E-state index in [9.17, 15) is 4.79 Å². The summed E-state index contributed by atoms with van der Waals surface area (Å²) in [6.07, 6.45) is 0.333. The van der Waals surface area contributed by atoms with Crippen LogP contribution in [0.2, 0.25) is 0 Å². The van der Waals surface area contributed by atoms with Gasteiger partial charge in [-0.3, -0.25) is 4.79 Å². The fourth-order valence-electron chi connectivity index (χ4n) is 1.79. The van der Waals surface area contributed by atoms with Crippen LogP contribution in [0.1, 0.15) is 38.7 Å². The van der Waals surface area contributed by atoms with E-state index in [1.165, 1.54) is 0 Å². The Morgan fingerprint density at radius 1 is 1.22 bits per heavy atom. The Balaban J connectivity index is 2.94. The third kappa shape index (κ3) is 3.95. The number of carbonyl (C=O) groups excluding carboxylic acids is 1. The molecule has 0 aliphatic heterocycles. The van der Waals surface area contributed by atoms with Gasteiger partial charge in [-0.1, -0.05) is 13.0 Å². The Hall–Kier alpha value is -1.71. The predicted octanol–water partition coefficient (Wildman–Crippen LogP) is 2.46. The second-order valence-corrected chi connectivity index (χ2v) is 4.14. The van der Waals surface area contributed by atoms with Gasteiger partial charge >= 0.3 is 0 Å². The minimum absolute atomic E-state index is 0.0809. The van der Waals surface area contributed by atoms with Crippen LogP contribution in [0, 0.1) is 0 Å². The summed E-state index contributed by atoms with van der Waals surface area (Å²) in [5.74, 6) is 1.23. The van der Waals surface area contributed by atoms with Crippen molar-refractivity contribution in [2.75, 3.05) is 13.2 Å². The molecule has 4 heteroatoms. The van der Waals surface area contributed by atoms with Crippen LogP contribution < -0.4 is 15.2 Å². The maximum Gasteiger partial charge on any atom is 0.218 e. The molecule has 0 spiro atoms. The van der Waals surface area contributed by atoms with Crippen LogP contribution >= 0.6 is 0 Å². The summed E-state index contributed by atoms with van der Waals surface area (Å²) in [7, 11) is 0. The number of primary amides is 1. The normalized spacial score (nSPS) is 11.9. The number of nitrogens with two attached hydrogens (primary N) is 1. The van der Waals surface area contributed by atoms with Crippen molar-refractivity contribution in [1.29, 1.82) is 0 Å². The number of ether oxygens (including phenoxy) is 2. The van der Waals surface area contributed by atoms with Gasteiger partial charge in [-0.25, -0.2) is 0 Å². The summed E-state index contributed by atoms with van der Waals surface area (Å²) in [6, 6.07) is 5.74. The van der Waals surface area contributed by atoms with Crippen molar-refractivity contribution in [3.05, 3.63) is 23.8 Å². The van der Waals surface area contributed by atoms with Crippen molar-refractivity contribution in [1.82, 2.24) is 0 Å². The molecule has 1 atom stereocenters. The summed E-state index contributed by atoms with van der Waals surface area (Å²) in [5, 5.41) is 0. The second kappa shape index (κ2) is 6.89. The average Bonchev–Trinajstić information content (AvgIpc) is 2.31. The van der Waals surface area contributed by atoms with Gasteiger partial charge in [0.25, 0.3) is 0 Å². The van der Waals surface area contributed by atoms with Crippen LogP contribution in [0.15, 0.2) is 18.2 Å². The zero-order valence-corrected chi connectivity index (χ0v) is 11.2. The molecule has 0 bridgehead atoms. The third-order valence-corrected chi connectivity index (χ3v) is 2.64. The molecule has 4 nitrogen and oxygen atoms in total. The molecule has 0 aliphatic rings. The van der Waals surface area contributed by atoms with Crippen molar-refractivity contribution in [2.45, 2.75) is 33.1 Å². The van der Waals surface area contributed by atoms with E-state index in [0.29, 0.717) is 25.4 Å². The minimum atomic E-state index is -0.297. The van der Waals surface area contributed by atoms with Crippen molar-refractivity contribution in [3.63, 3.8) is 0 Å². The van der Waals surface area contributed by atoms with Crippen LogP contribution in [0.5, 0.6) is 11.5 Å². The fraction of sp³-hybridized carbons (Fsp3) is 0.500. The highest BCUT2D eigenvalue weighted by atomic mass is 16.5. The minimum Gasteiger partial charge on any atom is -0.490 e. The van der Waals surface area contributed by atoms with Crippen LogP contribution in [-0.2, 0) is 4.79 Å². The van der Waals surface area contributed by atoms with Crippen molar-refractivity contribution in [2.24, 2.45) is 5.73 Å². The molecule has 0 aromatic heterocycles. The van der Waals surface area contributed by atoms with E-state index in [4.69, 9.17) is 15.2 Å². The predicted molar refractivity (Wildman–Crippen MR) is 71.0 cm³/mol. The quantitative estimate of drug-likeness (QED) is 0.809. The van der Waals surface area contributed by atoms with Gasteiger partial charge < -0.3 is 15.2 Å². The van der Waals surface area contributed by atoms with Crippen molar-refractivity contribution >= 4 is 5.91 Å². The largest absolute Gasteiger partial charge is 0.490 e. The van der Waals surface area contributed by atoms with Gasteiger partial charge in [-0.15, -0.1) is 0 Å². The standard InChI is InChI=1S/C14H21NO3/c1-4-17-12-7-6-11(9-13(12)18-5-2)10(3)8-14(15)16/h6-7,9-10H,4-5,8H2,1-3H3,(H2,15,16). The summed E-state index contributed by atoms with van der Waals surface area (Å²) in [6.45, 7) is 6.99. The maximum atomic E-state index is 10.9. The molecule has 0 heterocycles. The molecule has 0 fully saturated rings. The molecule has 1 aromatic carbocycles. The van der Waals surface area contributed by atoms with Gasteiger partial charge in [-0.2, -0.15) is 0 Å². The second-order valence-electron chi connectivity index (χ2n) is 4.14. The van der Waals surface area contributed by atoms with E-state index >= 15 is 0 Å². The highest BCUT2D eigenvalue weighted by molar-refractivity contribution is 5.74. The number of benzene rings is 1. The van der Waals surface area contributed by atoms with Crippen LogP contribution in [0.4, 0.5) is 0 Å². The molecule has 2 N–H and O–H groups in total. The summed E-state index contributed by atoms with van der Waals surface area (Å²) >= 11 is 0. The van der Waals surface area contributed by atoms with Gasteiger partial charge in [0.1, 0.15) is 0 Å². The first-order chi connectivity index (χ1) is 8.58. The molecule has 0 aliphatic carbocycles. The lowest BCUT2D eigenvalue weighted by Gasteiger charge is -2.15. The SMILES string of the molecule is CCOc1ccc(C(C)CC(N)=O)cc1OCC. The first kappa shape index (κ1) is 14.4. The highest BCUT2D eigenvalue weighted by Gasteiger charge is 2.12. The van der Waals surface area contributed by atoms with Gasteiger partial charge in [-0.05, 0) is 37.5 Å². The first-order valence-electron chi connectivity index (χ1n) is 6.26. The van der Waals surface area contributed by atoms with E-state index in [2.05, 4.69) is 0 Å². The summed E-state index contributed by atoms with van der Waals surface area (Å²) < 4.78 is 11.0. The summed E-state index contributed by atoms with van der Waals surface area (Å²) in [4.78, 5) is 10.9. The van der Waals surface area contributed by atoms with Gasteiger partial charge in [0.15, 0.2) is 11.5 Å². The van der Waals surface area contributed by atoms with Crippen LogP contribution in [-0.4, -0.2) is 19.1 Å². The topological polar surface area (TPSA) is 61.5 Å². The van der Waals surface area contributed by atoms with Gasteiger partial charge in [0, 0.05) is 6.42 Å². The van der Waals surface area contributed by atoms with Crippen molar-refractivity contribution in [3.8, 4) is 11.5 Å². The first-order valence-corrected chi connectivity index (χ1v) is 6.26. The Morgan fingerprint density at radius 3 is 2.39 bits per heavy atom. The number of hydrogen-bond acceptors (Lipinski definition) is 3. The Morgan fingerprint density at radius 2 is 1.83 bits per heavy atom.